The lowest BCUT2D eigenvalue weighted by Crippen LogP contribution is -2.33. The summed E-state index contributed by atoms with van der Waals surface area (Å²) in [5.41, 5.74) is 0.328. The third-order valence-electron chi connectivity index (χ3n) is 4.31. The molecule has 1 saturated carbocycles. The molecule has 0 aromatic rings. The highest BCUT2D eigenvalue weighted by Crippen LogP contribution is 2.49. The maximum absolute atomic E-state index is 10.2. The molecule has 0 aromatic carbocycles. The summed E-state index contributed by atoms with van der Waals surface area (Å²) in [7, 11) is 0. The molecule has 0 amide bonds. The van der Waals surface area contributed by atoms with Crippen LogP contribution in [0.25, 0.3) is 0 Å². The van der Waals surface area contributed by atoms with Gasteiger partial charge in [-0.25, -0.2) is 0 Å². The highest BCUT2D eigenvalue weighted by Gasteiger charge is 2.43. The van der Waals surface area contributed by atoms with Gasteiger partial charge in [0.1, 0.15) is 0 Å². The summed E-state index contributed by atoms with van der Waals surface area (Å²) in [6.07, 6.45) is 3.37. The summed E-state index contributed by atoms with van der Waals surface area (Å²) in [5, 5.41) is 10.2. The number of hydrogen-bond acceptors (Lipinski definition) is 1. The number of hydrogen-bond donors (Lipinski definition) is 1. The normalized spacial score (nSPS) is 33.6. The highest BCUT2D eigenvalue weighted by molar-refractivity contribution is 4.93. The van der Waals surface area contributed by atoms with Crippen LogP contribution in [0.1, 0.15) is 53.9 Å². The minimum atomic E-state index is -0.0880. The van der Waals surface area contributed by atoms with Gasteiger partial charge in [-0.1, -0.05) is 34.6 Å². The number of aliphatic hydroxyl groups excluding tert-OH is 1. The molecule has 1 aliphatic carbocycles. The fourth-order valence-electron chi connectivity index (χ4n) is 2.87. The zero-order valence-corrected chi connectivity index (χ0v) is 10.4. The van der Waals surface area contributed by atoms with E-state index in [1.54, 1.807) is 0 Å². The summed E-state index contributed by atoms with van der Waals surface area (Å²) in [6.45, 7) is 11.3. The Bertz CT molecular complexity index is 184. The van der Waals surface area contributed by atoms with Crippen molar-refractivity contribution in [1.29, 1.82) is 0 Å². The van der Waals surface area contributed by atoms with E-state index in [1.165, 1.54) is 12.8 Å². The van der Waals surface area contributed by atoms with E-state index in [-0.39, 0.29) is 6.10 Å². The Labute approximate surface area is 88.9 Å². The second-order valence-corrected chi connectivity index (χ2v) is 6.10. The second-order valence-electron chi connectivity index (χ2n) is 6.10. The van der Waals surface area contributed by atoms with Gasteiger partial charge in [-0.2, -0.15) is 0 Å². The largest absolute Gasteiger partial charge is 0.393 e. The lowest BCUT2D eigenvalue weighted by molar-refractivity contribution is 0.0266. The van der Waals surface area contributed by atoms with Gasteiger partial charge in [-0.3, -0.25) is 0 Å². The molecule has 3 atom stereocenters. The van der Waals surface area contributed by atoms with Crippen molar-refractivity contribution in [3.8, 4) is 0 Å². The lowest BCUT2D eigenvalue weighted by atomic mass is 9.73. The van der Waals surface area contributed by atoms with Crippen LogP contribution in [0.15, 0.2) is 0 Å². The van der Waals surface area contributed by atoms with E-state index < -0.39 is 0 Å². The molecule has 0 aliphatic heterocycles. The van der Waals surface area contributed by atoms with Crippen LogP contribution in [0.2, 0.25) is 0 Å². The monoisotopic (exact) mass is 198 g/mol. The van der Waals surface area contributed by atoms with Crippen molar-refractivity contribution in [3.63, 3.8) is 0 Å². The van der Waals surface area contributed by atoms with Gasteiger partial charge < -0.3 is 5.11 Å². The minimum Gasteiger partial charge on any atom is -0.393 e. The van der Waals surface area contributed by atoms with E-state index >= 15 is 0 Å². The number of rotatable bonds is 3. The second kappa shape index (κ2) is 4.22. The molecule has 84 valence electrons. The molecule has 0 aromatic heterocycles. The van der Waals surface area contributed by atoms with Crippen LogP contribution >= 0.6 is 0 Å². The molecule has 1 nitrogen and oxygen atoms in total. The van der Waals surface area contributed by atoms with Gasteiger partial charge in [-0.05, 0) is 42.4 Å². The van der Waals surface area contributed by atoms with E-state index in [0.717, 1.165) is 12.3 Å². The van der Waals surface area contributed by atoms with E-state index in [0.29, 0.717) is 17.3 Å². The number of aliphatic hydroxyl groups is 1. The maximum Gasteiger partial charge on any atom is 0.0576 e. The van der Waals surface area contributed by atoms with Crippen LogP contribution in [0, 0.1) is 23.2 Å². The van der Waals surface area contributed by atoms with Crippen LogP contribution in [-0.4, -0.2) is 11.2 Å². The standard InChI is InChI=1S/C13H26O/c1-9(2)8-12(14)11-7-6-10(3)13(11,4)5/h9-12,14H,6-8H2,1-5H3. The van der Waals surface area contributed by atoms with E-state index in [2.05, 4.69) is 34.6 Å². The molecule has 1 fully saturated rings. The Hall–Kier alpha value is -0.0400. The maximum atomic E-state index is 10.2. The third-order valence-corrected chi connectivity index (χ3v) is 4.31. The molecule has 0 spiro atoms. The van der Waals surface area contributed by atoms with Crippen molar-refractivity contribution >= 4 is 0 Å². The zero-order chi connectivity index (χ0) is 10.9. The molecule has 1 heteroatoms. The highest BCUT2D eigenvalue weighted by atomic mass is 16.3. The Morgan fingerprint density at radius 3 is 2.21 bits per heavy atom. The zero-order valence-electron chi connectivity index (χ0n) is 10.4. The van der Waals surface area contributed by atoms with Gasteiger partial charge in [0.15, 0.2) is 0 Å². The van der Waals surface area contributed by atoms with Crippen LogP contribution < -0.4 is 0 Å². The first-order valence-electron chi connectivity index (χ1n) is 6.03. The summed E-state index contributed by atoms with van der Waals surface area (Å²) >= 11 is 0. The molecule has 0 saturated heterocycles. The molecular formula is C13H26O. The Balaban J connectivity index is 2.60. The summed E-state index contributed by atoms with van der Waals surface area (Å²) < 4.78 is 0. The molecule has 1 rings (SSSR count). The van der Waals surface area contributed by atoms with Gasteiger partial charge in [-0.15, -0.1) is 0 Å². The van der Waals surface area contributed by atoms with Crippen molar-refractivity contribution in [2.45, 2.75) is 60.0 Å². The van der Waals surface area contributed by atoms with Gasteiger partial charge in [0.25, 0.3) is 0 Å². The van der Waals surface area contributed by atoms with Gasteiger partial charge in [0.2, 0.25) is 0 Å². The van der Waals surface area contributed by atoms with Crippen molar-refractivity contribution < 1.29 is 5.11 Å². The van der Waals surface area contributed by atoms with Gasteiger partial charge in [0.05, 0.1) is 6.10 Å². The Kier molecular flexibility index (Phi) is 3.63. The van der Waals surface area contributed by atoms with Gasteiger partial charge >= 0.3 is 0 Å². The van der Waals surface area contributed by atoms with Crippen molar-refractivity contribution in [3.05, 3.63) is 0 Å². The Morgan fingerprint density at radius 1 is 1.29 bits per heavy atom. The lowest BCUT2D eigenvalue weighted by Gasteiger charge is -2.35. The summed E-state index contributed by atoms with van der Waals surface area (Å²) in [6, 6.07) is 0. The Morgan fingerprint density at radius 2 is 1.86 bits per heavy atom. The average molecular weight is 198 g/mol. The van der Waals surface area contributed by atoms with Crippen molar-refractivity contribution in [1.82, 2.24) is 0 Å². The fraction of sp³-hybridized carbons (Fsp3) is 1.00. The predicted molar refractivity (Wildman–Crippen MR) is 61.1 cm³/mol. The quantitative estimate of drug-likeness (QED) is 0.736. The summed E-state index contributed by atoms with van der Waals surface area (Å²) in [4.78, 5) is 0. The van der Waals surface area contributed by atoms with E-state index in [1.807, 2.05) is 0 Å². The van der Waals surface area contributed by atoms with Crippen LogP contribution in [0.3, 0.4) is 0 Å². The molecule has 1 aliphatic rings. The smallest absolute Gasteiger partial charge is 0.0576 e. The molecule has 1 N–H and O–H groups in total. The topological polar surface area (TPSA) is 20.2 Å². The first-order chi connectivity index (χ1) is 6.35. The average Bonchev–Trinajstić information content (AvgIpc) is 2.26. The van der Waals surface area contributed by atoms with Gasteiger partial charge in [0, 0.05) is 0 Å². The first kappa shape index (κ1) is 12.0. The van der Waals surface area contributed by atoms with E-state index in [4.69, 9.17) is 0 Å². The van der Waals surface area contributed by atoms with Crippen LogP contribution in [-0.2, 0) is 0 Å². The summed E-state index contributed by atoms with van der Waals surface area (Å²) in [5.74, 6) is 1.88. The molecule has 14 heavy (non-hydrogen) atoms. The third kappa shape index (κ3) is 2.31. The van der Waals surface area contributed by atoms with Crippen molar-refractivity contribution in [2.24, 2.45) is 23.2 Å². The fourth-order valence-corrected chi connectivity index (χ4v) is 2.87. The molecular weight excluding hydrogens is 172 g/mol. The SMILES string of the molecule is CC(C)CC(O)C1CCC(C)C1(C)C. The van der Waals surface area contributed by atoms with Crippen LogP contribution in [0.4, 0.5) is 0 Å². The molecule has 3 unspecified atom stereocenters. The first-order valence-corrected chi connectivity index (χ1v) is 6.03. The minimum absolute atomic E-state index is 0.0880. The van der Waals surface area contributed by atoms with Crippen LogP contribution in [0.5, 0.6) is 0 Å². The molecule has 0 radical (unpaired) electrons. The predicted octanol–water partition coefficient (Wildman–Crippen LogP) is 3.47. The van der Waals surface area contributed by atoms with Crippen molar-refractivity contribution in [2.75, 3.05) is 0 Å². The molecule has 0 bridgehead atoms. The van der Waals surface area contributed by atoms with E-state index in [9.17, 15) is 5.11 Å². The molecule has 0 heterocycles.